The largest absolute Gasteiger partial charge is 0.460 e. The number of ether oxygens (including phenoxy) is 1. The number of carbonyl (C=O) groups is 1. The van der Waals surface area contributed by atoms with E-state index in [2.05, 4.69) is 4.37 Å². The summed E-state index contributed by atoms with van der Waals surface area (Å²) in [6, 6.07) is 4.36. The summed E-state index contributed by atoms with van der Waals surface area (Å²) < 4.78 is 9.20. The Morgan fingerprint density at radius 2 is 2.13 bits per heavy atom. The van der Waals surface area contributed by atoms with Gasteiger partial charge in [0.05, 0.1) is 15.9 Å². The van der Waals surface area contributed by atoms with Crippen LogP contribution in [-0.4, -0.2) is 15.3 Å². The zero-order chi connectivity index (χ0) is 17.2. The average molecular weight is 375 g/mol. The summed E-state index contributed by atoms with van der Waals surface area (Å²) in [5.41, 5.74) is -1.08. The molecule has 0 saturated heterocycles. The van der Waals surface area contributed by atoms with Crippen LogP contribution in [0.2, 0.25) is 10.0 Å². The molecule has 0 radical (unpaired) electrons. The first-order chi connectivity index (χ1) is 10.7. The van der Waals surface area contributed by atoms with Crippen molar-refractivity contribution in [1.82, 2.24) is 4.37 Å². The maximum Gasteiger partial charge on any atom is 0.317 e. The first-order valence-corrected chi connectivity index (χ1v) is 7.97. The van der Waals surface area contributed by atoms with Gasteiger partial charge in [0, 0.05) is 16.1 Å². The van der Waals surface area contributed by atoms with Gasteiger partial charge in [-0.25, -0.2) is 4.37 Å². The minimum Gasteiger partial charge on any atom is -0.460 e. The highest BCUT2D eigenvalue weighted by Gasteiger charge is 2.33. The van der Waals surface area contributed by atoms with E-state index in [4.69, 9.17) is 27.9 Å². The number of esters is 1. The molecule has 0 amide bonds. The van der Waals surface area contributed by atoms with Crippen LogP contribution in [0.1, 0.15) is 24.3 Å². The molecular formula is C14H12Cl2N2O4S. The lowest BCUT2D eigenvalue weighted by molar-refractivity contribution is -0.385. The predicted molar refractivity (Wildman–Crippen MR) is 88.1 cm³/mol. The van der Waals surface area contributed by atoms with Crippen LogP contribution in [0.3, 0.4) is 0 Å². The Morgan fingerprint density at radius 1 is 1.43 bits per heavy atom. The molecule has 0 aliphatic carbocycles. The van der Waals surface area contributed by atoms with Gasteiger partial charge in [0.15, 0.2) is 0 Å². The van der Waals surface area contributed by atoms with Crippen LogP contribution in [0.15, 0.2) is 24.4 Å². The van der Waals surface area contributed by atoms with Gasteiger partial charge in [-0.05, 0) is 43.6 Å². The van der Waals surface area contributed by atoms with E-state index in [0.717, 1.165) is 4.88 Å². The van der Waals surface area contributed by atoms with Gasteiger partial charge in [-0.2, -0.15) is 0 Å². The first kappa shape index (κ1) is 17.7. The normalized spacial score (nSPS) is 11.3. The molecule has 1 heterocycles. The van der Waals surface area contributed by atoms with Crippen LogP contribution in [0, 0.1) is 10.1 Å². The molecule has 0 saturated carbocycles. The van der Waals surface area contributed by atoms with E-state index in [0.29, 0.717) is 0 Å². The van der Waals surface area contributed by atoms with E-state index in [9.17, 15) is 14.9 Å². The maximum absolute atomic E-state index is 12.3. The zero-order valence-corrected chi connectivity index (χ0v) is 14.5. The highest BCUT2D eigenvalue weighted by atomic mass is 35.5. The van der Waals surface area contributed by atoms with Gasteiger partial charge in [-0.1, -0.05) is 23.2 Å². The Labute approximate surface area is 146 Å². The predicted octanol–water partition coefficient (Wildman–Crippen LogP) is 4.38. The van der Waals surface area contributed by atoms with Crippen molar-refractivity contribution in [3.05, 3.63) is 55.0 Å². The fourth-order valence-corrected chi connectivity index (χ4v) is 3.17. The van der Waals surface area contributed by atoms with Gasteiger partial charge in [0.2, 0.25) is 0 Å². The lowest BCUT2D eigenvalue weighted by Gasteiger charge is -2.20. The van der Waals surface area contributed by atoms with Crippen LogP contribution >= 0.6 is 34.7 Å². The van der Waals surface area contributed by atoms with Gasteiger partial charge >= 0.3 is 5.97 Å². The smallest absolute Gasteiger partial charge is 0.317 e. The Balaban J connectivity index is 2.21. The van der Waals surface area contributed by atoms with Gasteiger partial charge in [0.25, 0.3) is 5.69 Å². The molecule has 0 unspecified atom stereocenters. The molecule has 6 nitrogen and oxygen atoms in total. The van der Waals surface area contributed by atoms with Crippen molar-refractivity contribution >= 4 is 46.4 Å². The number of carbonyl (C=O) groups excluding carboxylic acids is 1. The second-order valence-electron chi connectivity index (χ2n) is 5.23. The fourth-order valence-electron chi connectivity index (χ4n) is 1.90. The van der Waals surface area contributed by atoms with Crippen LogP contribution in [0.5, 0.6) is 0 Å². The van der Waals surface area contributed by atoms with Crippen molar-refractivity contribution in [2.24, 2.45) is 0 Å². The average Bonchev–Trinajstić information content (AvgIpc) is 2.98. The molecule has 1 aromatic carbocycles. The molecule has 0 bridgehead atoms. The SMILES string of the molecule is CC(C)(C(=O)OCc1cc(Cl)cc(Cl)c1[N+](=O)[O-])c1ccns1. The molecule has 0 aliphatic rings. The van der Waals surface area contributed by atoms with Crippen molar-refractivity contribution in [2.45, 2.75) is 25.9 Å². The summed E-state index contributed by atoms with van der Waals surface area (Å²) in [7, 11) is 0. The third kappa shape index (κ3) is 3.80. The molecule has 122 valence electrons. The molecule has 23 heavy (non-hydrogen) atoms. The Kier molecular flexibility index (Phi) is 5.23. The highest BCUT2D eigenvalue weighted by Crippen LogP contribution is 2.33. The van der Waals surface area contributed by atoms with Gasteiger partial charge < -0.3 is 4.74 Å². The summed E-state index contributed by atoms with van der Waals surface area (Å²) in [6.07, 6.45) is 1.59. The second-order valence-corrected chi connectivity index (χ2v) is 6.91. The van der Waals surface area contributed by atoms with Crippen molar-refractivity contribution in [3.8, 4) is 0 Å². The van der Waals surface area contributed by atoms with Crippen LogP contribution < -0.4 is 0 Å². The number of nitro benzene ring substituents is 1. The topological polar surface area (TPSA) is 82.3 Å². The number of hydrogen-bond acceptors (Lipinski definition) is 6. The van der Waals surface area contributed by atoms with Gasteiger partial charge in [-0.15, -0.1) is 0 Å². The van der Waals surface area contributed by atoms with Crippen molar-refractivity contribution in [2.75, 3.05) is 0 Å². The lowest BCUT2D eigenvalue weighted by atomic mass is 9.92. The summed E-state index contributed by atoms with van der Waals surface area (Å²) in [5, 5.41) is 11.2. The van der Waals surface area contributed by atoms with Gasteiger partial charge in [-0.3, -0.25) is 14.9 Å². The number of nitro groups is 1. The van der Waals surface area contributed by atoms with E-state index in [-0.39, 0.29) is 27.9 Å². The third-order valence-corrected chi connectivity index (χ3v) is 4.79. The van der Waals surface area contributed by atoms with Crippen LogP contribution in [0.4, 0.5) is 5.69 Å². The van der Waals surface area contributed by atoms with Crippen molar-refractivity contribution in [1.29, 1.82) is 0 Å². The van der Waals surface area contributed by atoms with Crippen LogP contribution in [-0.2, 0) is 21.6 Å². The summed E-state index contributed by atoms with van der Waals surface area (Å²) >= 11 is 12.9. The Hall–Kier alpha value is -1.70. The molecule has 2 rings (SSSR count). The van der Waals surface area contributed by atoms with Crippen molar-refractivity contribution in [3.63, 3.8) is 0 Å². The molecule has 9 heteroatoms. The number of aromatic nitrogens is 1. The molecule has 0 aliphatic heterocycles. The van der Waals surface area contributed by atoms with E-state index in [1.807, 2.05) is 0 Å². The van der Waals surface area contributed by atoms with E-state index in [1.54, 1.807) is 26.1 Å². The Morgan fingerprint density at radius 3 is 2.70 bits per heavy atom. The number of nitrogens with zero attached hydrogens (tertiary/aromatic N) is 2. The summed E-state index contributed by atoms with van der Waals surface area (Å²) in [6.45, 7) is 3.10. The van der Waals surface area contributed by atoms with E-state index < -0.39 is 16.3 Å². The minimum absolute atomic E-state index is 0.102. The molecule has 1 aromatic heterocycles. The quantitative estimate of drug-likeness (QED) is 0.440. The molecule has 2 aromatic rings. The lowest BCUT2D eigenvalue weighted by Crippen LogP contribution is -2.30. The van der Waals surface area contributed by atoms with Gasteiger partial charge in [0.1, 0.15) is 11.6 Å². The maximum atomic E-state index is 12.3. The number of rotatable bonds is 5. The zero-order valence-electron chi connectivity index (χ0n) is 12.2. The first-order valence-electron chi connectivity index (χ1n) is 6.44. The van der Waals surface area contributed by atoms with E-state index >= 15 is 0 Å². The monoisotopic (exact) mass is 374 g/mol. The summed E-state index contributed by atoms with van der Waals surface area (Å²) in [5.74, 6) is -0.521. The minimum atomic E-state index is -0.904. The fraction of sp³-hybridized carbons (Fsp3) is 0.286. The standard InChI is InChI=1S/C14H12Cl2N2O4S/c1-14(2,11-3-4-17-23-11)13(19)22-7-8-5-9(15)6-10(16)12(8)18(20)21/h3-6H,7H2,1-2H3. The van der Waals surface area contributed by atoms with Crippen LogP contribution in [0.25, 0.3) is 0 Å². The molecule has 0 fully saturated rings. The van der Waals surface area contributed by atoms with Crippen molar-refractivity contribution < 1.29 is 14.5 Å². The molecule has 0 atom stereocenters. The third-order valence-electron chi connectivity index (χ3n) is 3.21. The number of hydrogen-bond donors (Lipinski definition) is 0. The number of benzene rings is 1. The highest BCUT2D eigenvalue weighted by molar-refractivity contribution is 7.06. The molecular weight excluding hydrogens is 363 g/mol. The number of halogens is 2. The molecule has 0 N–H and O–H groups in total. The summed E-state index contributed by atoms with van der Waals surface area (Å²) in [4.78, 5) is 23.5. The van der Waals surface area contributed by atoms with E-state index in [1.165, 1.54) is 23.7 Å². The second kappa shape index (κ2) is 6.82. The Bertz CT molecular complexity index is 747. The molecule has 0 spiro atoms.